The van der Waals surface area contributed by atoms with Crippen molar-refractivity contribution < 1.29 is 0 Å². The van der Waals surface area contributed by atoms with Gasteiger partial charge in [0, 0.05) is 12.6 Å². The maximum absolute atomic E-state index is 6.08. The van der Waals surface area contributed by atoms with Gasteiger partial charge in [-0.3, -0.25) is 0 Å². The highest BCUT2D eigenvalue weighted by Crippen LogP contribution is 2.34. The standard InChI is InChI=1S/C14H22N2/c1-10(2)16(9-12-5-6-12)14-8-11(3)4-7-13(14)15/h4,7-8,10,12H,5-6,9,15H2,1-3H3. The molecule has 2 heteroatoms. The lowest BCUT2D eigenvalue weighted by molar-refractivity contribution is 0.645. The van der Waals surface area contributed by atoms with Crippen LogP contribution in [-0.2, 0) is 0 Å². The van der Waals surface area contributed by atoms with Gasteiger partial charge < -0.3 is 10.6 Å². The van der Waals surface area contributed by atoms with Gasteiger partial charge in [-0.05, 0) is 57.2 Å². The summed E-state index contributed by atoms with van der Waals surface area (Å²) in [6, 6.07) is 6.82. The average molecular weight is 218 g/mol. The topological polar surface area (TPSA) is 29.3 Å². The van der Waals surface area contributed by atoms with Gasteiger partial charge in [-0.2, -0.15) is 0 Å². The van der Waals surface area contributed by atoms with Crippen LogP contribution < -0.4 is 10.6 Å². The van der Waals surface area contributed by atoms with Crippen LogP contribution in [0.5, 0.6) is 0 Å². The molecule has 0 bridgehead atoms. The zero-order chi connectivity index (χ0) is 11.7. The number of hydrogen-bond donors (Lipinski definition) is 1. The summed E-state index contributed by atoms with van der Waals surface area (Å²) in [5.41, 5.74) is 9.48. The second-order valence-electron chi connectivity index (χ2n) is 5.25. The zero-order valence-corrected chi connectivity index (χ0v) is 10.5. The van der Waals surface area contributed by atoms with E-state index in [0.29, 0.717) is 6.04 Å². The normalized spacial score (nSPS) is 15.5. The Balaban J connectivity index is 2.25. The second kappa shape index (κ2) is 4.36. The minimum atomic E-state index is 0.518. The van der Waals surface area contributed by atoms with Crippen LogP contribution in [-0.4, -0.2) is 12.6 Å². The van der Waals surface area contributed by atoms with Crippen LogP contribution in [0.1, 0.15) is 32.3 Å². The highest BCUT2D eigenvalue weighted by molar-refractivity contribution is 5.69. The number of nitrogens with zero attached hydrogens (tertiary/aromatic N) is 1. The molecule has 1 aliphatic carbocycles. The van der Waals surface area contributed by atoms with Crippen LogP contribution in [0.2, 0.25) is 0 Å². The fourth-order valence-corrected chi connectivity index (χ4v) is 2.07. The molecule has 2 rings (SSSR count). The first-order valence-corrected chi connectivity index (χ1v) is 6.20. The van der Waals surface area contributed by atoms with Crippen LogP contribution >= 0.6 is 0 Å². The minimum Gasteiger partial charge on any atom is -0.397 e. The predicted octanol–water partition coefficient (Wildman–Crippen LogP) is 3.20. The van der Waals surface area contributed by atoms with Crippen molar-refractivity contribution >= 4 is 11.4 Å². The van der Waals surface area contributed by atoms with Crippen molar-refractivity contribution in [1.82, 2.24) is 0 Å². The molecule has 0 aromatic heterocycles. The summed E-state index contributed by atoms with van der Waals surface area (Å²) < 4.78 is 0. The Hall–Kier alpha value is -1.18. The Morgan fingerprint density at radius 1 is 1.38 bits per heavy atom. The number of nitrogen functional groups attached to an aromatic ring is 1. The quantitative estimate of drug-likeness (QED) is 0.786. The molecule has 0 radical (unpaired) electrons. The number of hydrogen-bond acceptors (Lipinski definition) is 2. The van der Waals surface area contributed by atoms with E-state index in [4.69, 9.17) is 5.73 Å². The molecule has 0 amide bonds. The van der Waals surface area contributed by atoms with E-state index in [1.54, 1.807) is 0 Å². The molecule has 1 saturated carbocycles. The monoisotopic (exact) mass is 218 g/mol. The van der Waals surface area contributed by atoms with Crippen LogP contribution in [0.15, 0.2) is 18.2 Å². The fraction of sp³-hybridized carbons (Fsp3) is 0.571. The first kappa shape index (κ1) is 11.3. The first-order chi connectivity index (χ1) is 7.58. The molecule has 0 atom stereocenters. The van der Waals surface area contributed by atoms with Crippen molar-refractivity contribution in [1.29, 1.82) is 0 Å². The minimum absolute atomic E-state index is 0.518. The summed E-state index contributed by atoms with van der Waals surface area (Å²) >= 11 is 0. The van der Waals surface area contributed by atoms with Crippen molar-refractivity contribution in [3.05, 3.63) is 23.8 Å². The Bertz CT molecular complexity index is 367. The van der Waals surface area contributed by atoms with E-state index in [0.717, 1.165) is 18.2 Å². The number of benzene rings is 1. The summed E-state index contributed by atoms with van der Waals surface area (Å²) in [5.74, 6) is 0.891. The van der Waals surface area contributed by atoms with Crippen LogP contribution in [0.25, 0.3) is 0 Å². The number of anilines is 2. The van der Waals surface area contributed by atoms with Crippen molar-refractivity contribution in [2.75, 3.05) is 17.2 Å². The highest BCUT2D eigenvalue weighted by atomic mass is 15.2. The third kappa shape index (κ3) is 2.49. The molecule has 88 valence electrons. The van der Waals surface area contributed by atoms with Crippen LogP contribution in [0.4, 0.5) is 11.4 Å². The lowest BCUT2D eigenvalue weighted by atomic mass is 10.1. The maximum atomic E-state index is 6.08. The molecule has 0 saturated heterocycles. The van der Waals surface area contributed by atoms with Gasteiger partial charge in [0.2, 0.25) is 0 Å². The number of aryl methyl sites for hydroxylation is 1. The Morgan fingerprint density at radius 3 is 2.62 bits per heavy atom. The van der Waals surface area contributed by atoms with Crippen LogP contribution in [0.3, 0.4) is 0 Å². The molecule has 0 heterocycles. The summed E-state index contributed by atoms with van der Waals surface area (Å²) in [4.78, 5) is 2.44. The van der Waals surface area contributed by atoms with Crippen molar-refractivity contribution in [3.8, 4) is 0 Å². The lowest BCUT2D eigenvalue weighted by Crippen LogP contribution is -2.33. The fourth-order valence-electron chi connectivity index (χ4n) is 2.07. The van der Waals surface area contributed by atoms with Crippen molar-refractivity contribution in [2.24, 2.45) is 5.92 Å². The third-order valence-corrected chi connectivity index (χ3v) is 3.27. The molecule has 16 heavy (non-hydrogen) atoms. The number of rotatable bonds is 4. The Morgan fingerprint density at radius 2 is 2.06 bits per heavy atom. The molecule has 0 unspecified atom stereocenters. The average Bonchev–Trinajstić information content (AvgIpc) is 3.02. The van der Waals surface area contributed by atoms with Gasteiger partial charge >= 0.3 is 0 Å². The molecular weight excluding hydrogens is 196 g/mol. The Labute approximate surface area is 98.4 Å². The Kier molecular flexibility index (Phi) is 3.08. The lowest BCUT2D eigenvalue weighted by Gasteiger charge is -2.30. The highest BCUT2D eigenvalue weighted by Gasteiger charge is 2.26. The molecule has 1 fully saturated rings. The summed E-state index contributed by atoms with van der Waals surface area (Å²) in [6.07, 6.45) is 2.77. The molecular formula is C14H22N2. The van der Waals surface area contributed by atoms with E-state index in [2.05, 4.69) is 37.8 Å². The largest absolute Gasteiger partial charge is 0.397 e. The van der Waals surface area contributed by atoms with E-state index < -0.39 is 0 Å². The summed E-state index contributed by atoms with van der Waals surface area (Å²) in [7, 11) is 0. The van der Waals surface area contributed by atoms with E-state index in [-0.39, 0.29) is 0 Å². The van der Waals surface area contributed by atoms with Gasteiger partial charge in [0.1, 0.15) is 0 Å². The van der Waals surface area contributed by atoms with E-state index in [1.807, 2.05) is 6.07 Å². The van der Waals surface area contributed by atoms with Gasteiger partial charge in [0.15, 0.2) is 0 Å². The number of nitrogens with two attached hydrogens (primary N) is 1. The smallest absolute Gasteiger partial charge is 0.0604 e. The SMILES string of the molecule is Cc1ccc(N)c(N(CC2CC2)C(C)C)c1. The molecule has 1 aliphatic rings. The molecule has 2 N–H and O–H groups in total. The molecule has 0 aliphatic heterocycles. The van der Waals surface area contributed by atoms with Gasteiger partial charge in [-0.15, -0.1) is 0 Å². The molecule has 1 aromatic rings. The molecule has 1 aromatic carbocycles. The predicted molar refractivity (Wildman–Crippen MR) is 70.8 cm³/mol. The summed E-state index contributed by atoms with van der Waals surface area (Å²) in [5, 5.41) is 0. The van der Waals surface area contributed by atoms with Gasteiger partial charge in [-0.1, -0.05) is 6.07 Å². The van der Waals surface area contributed by atoms with E-state index >= 15 is 0 Å². The van der Waals surface area contributed by atoms with Crippen molar-refractivity contribution in [2.45, 2.75) is 39.7 Å². The van der Waals surface area contributed by atoms with E-state index in [9.17, 15) is 0 Å². The first-order valence-electron chi connectivity index (χ1n) is 6.20. The van der Waals surface area contributed by atoms with E-state index in [1.165, 1.54) is 24.1 Å². The molecule has 2 nitrogen and oxygen atoms in total. The van der Waals surface area contributed by atoms with Gasteiger partial charge in [-0.25, -0.2) is 0 Å². The van der Waals surface area contributed by atoms with Crippen LogP contribution in [0, 0.1) is 12.8 Å². The van der Waals surface area contributed by atoms with Crippen molar-refractivity contribution in [3.63, 3.8) is 0 Å². The second-order valence-corrected chi connectivity index (χ2v) is 5.25. The summed E-state index contributed by atoms with van der Waals surface area (Å²) in [6.45, 7) is 7.76. The molecule has 0 spiro atoms. The van der Waals surface area contributed by atoms with Gasteiger partial charge in [0.25, 0.3) is 0 Å². The van der Waals surface area contributed by atoms with Gasteiger partial charge in [0.05, 0.1) is 11.4 Å². The third-order valence-electron chi connectivity index (χ3n) is 3.27. The maximum Gasteiger partial charge on any atom is 0.0604 e. The zero-order valence-electron chi connectivity index (χ0n) is 10.5.